The topological polar surface area (TPSA) is 86.7 Å². The van der Waals surface area contributed by atoms with Crippen molar-refractivity contribution in [2.75, 3.05) is 7.11 Å². The van der Waals surface area contributed by atoms with Gasteiger partial charge in [0.15, 0.2) is 9.49 Å². The Bertz CT molecular complexity index is 704. The summed E-state index contributed by atoms with van der Waals surface area (Å²) in [4.78, 5) is 4.22. The molecule has 1 saturated heterocycles. The maximum atomic E-state index is 9.40. The first kappa shape index (κ1) is 13.7. The predicted molar refractivity (Wildman–Crippen MR) is 85.2 cm³/mol. The van der Waals surface area contributed by atoms with Gasteiger partial charge in [-0.2, -0.15) is 5.26 Å². The Hall–Kier alpha value is -2.24. The number of fused-ring (bicyclic) bond motifs is 1. The number of aliphatic imine (C=N–C) groups is 1. The molecule has 0 amide bonds. The molecule has 1 fully saturated rings. The second kappa shape index (κ2) is 5.27. The number of hydrogen-bond acceptors (Lipinski definition) is 7. The van der Waals surface area contributed by atoms with E-state index in [1.54, 1.807) is 12.1 Å². The number of nitrogens with one attached hydrogen (secondary N) is 1. The summed E-state index contributed by atoms with van der Waals surface area (Å²) in [5.41, 5.74) is 10.2. The molecule has 0 bridgehead atoms. The molecule has 3 N–H and O–H groups in total. The van der Waals surface area contributed by atoms with Crippen LogP contribution in [0.2, 0.25) is 0 Å². The number of thiocarbonyl (C=S) groups is 1. The summed E-state index contributed by atoms with van der Waals surface area (Å²) in [5.74, 6) is 0.974. The Labute approximate surface area is 131 Å². The van der Waals surface area contributed by atoms with E-state index in [0.717, 1.165) is 11.3 Å². The first-order chi connectivity index (χ1) is 10.1. The molecular formula is C13H11N5OS2. The third-order valence-corrected chi connectivity index (χ3v) is 4.27. The van der Waals surface area contributed by atoms with Crippen LogP contribution in [0, 0.1) is 11.3 Å². The van der Waals surface area contributed by atoms with E-state index < -0.39 is 0 Å². The van der Waals surface area contributed by atoms with Gasteiger partial charge in [0.1, 0.15) is 29.3 Å². The molecule has 0 aromatic heterocycles. The Morgan fingerprint density at radius 2 is 2.19 bits per heavy atom. The molecule has 1 unspecified atom stereocenters. The van der Waals surface area contributed by atoms with Gasteiger partial charge in [0.05, 0.1) is 7.11 Å². The fraction of sp³-hybridized carbons (Fsp3) is 0.154. The van der Waals surface area contributed by atoms with E-state index in [9.17, 15) is 5.26 Å². The number of thioether (sulfide) groups is 1. The van der Waals surface area contributed by atoms with Gasteiger partial charge in [-0.25, -0.2) is 4.99 Å². The lowest BCUT2D eigenvalue weighted by Crippen LogP contribution is -2.42. The molecule has 0 radical (unpaired) electrons. The van der Waals surface area contributed by atoms with E-state index in [0.29, 0.717) is 15.1 Å². The van der Waals surface area contributed by atoms with E-state index >= 15 is 0 Å². The zero-order valence-corrected chi connectivity index (χ0v) is 12.7. The Balaban J connectivity index is 2.07. The minimum Gasteiger partial charge on any atom is -0.497 e. The van der Waals surface area contributed by atoms with Gasteiger partial charge in [-0.05, 0) is 29.5 Å². The minimum atomic E-state index is -0.360. The third kappa shape index (κ3) is 2.30. The molecule has 0 aliphatic carbocycles. The summed E-state index contributed by atoms with van der Waals surface area (Å²) in [5, 5.41) is 11.8. The Kier molecular flexibility index (Phi) is 3.45. The molecule has 106 valence electrons. The van der Waals surface area contributed by atoms with Crippen LogP contribution in [-0.4, -0.2) is 21.6 Å². The van der Waals surface area contributed by atoms with Crippen molar-refractivity contribution in [3.05, 3.63) is 41.2 Å². The second-order valence-electron chi connectivity index (χ2n) is 4.35. The molecule has 2 heterocycles. The molecule has 8 heteroatoms. The van der Waals surface area contributed by atoms with E-state index in [1.807, 2.05) is 24.3 Å². The molecule has 6 nitrogen and oxygen atoms in total. The standard InChI is InChI=1S/C13H11N5OS2/c1-19-8-4-2-7(3-5-8)10-9(6-14)11(15)16-12-18(10)17-13(20)21-12/h2-5,10H,15H2,1H3,(H,17,20). The van der Waals surface area contributed by atoms with Gasteiger partial charge < -0.3 is 10.5 Å². The number of hydrogen-bond donors (Lipinski definition) is 2. The first-order valence-corrected chi connectivity index (χ1v) is 7.26. The van der Waals surface area contributed by atoms with Crippen molar-refractivity contribution in [1.82, 2.24) is 10.4 Å². The summed E-state index contributed by atoms with van der Waals surface area (Å²) < 4.78 is 5.74. The number of ether oxygens (including phenoxy) is 1. The van der Waals surface area contributed by atoms with Gasteiger partial charge >= 0.3 is 0 Å². The largest absolute Gasteiger partial charge is 0.497 e. The zero-order valence-electron chi connectivity index (χ0n) is 11.0. The number of benzene rings is 1. The van der Waals surface area contributed by atoms with Gasteiger partial charge in [-0.3, -0.25) is 10.4 Å². The molecule has 2 aliphatic heterocycles. The van der Waals surface area contributed by atoms with Crippen LogP contribution < -0.4 is 15.9 Å². The lowest BCUT2D eigenvalue weighted by atomic mass is 9.98. The maximum Gasteiger partial charge on any atom is 0.192 e. The lowest BCUT2D eigenvalue weighted by molar-refractivity contribution is 0.324. The van der Waals surface area contributed by atoms with Crippen molar-refractivity contribution in [2.45, 2.75) is 6.04 Å². The van der Waals surface area contributed by atoms with Crippen LogP contribution >= 0.6 is 24.0 Å². The van der Waals surface area contributed by atoms with Gasteiger partial charge in [0.25, 0.3) is 0 Å². The number of nitrogens with zero attached hydrogens (tertiary/aromatic N) is 3. The number of amidine groups is 1. The molecule has 1 aromatic rings. The van der Waals surface area contributed by atoms with Gasteiger partial charge in [-0.15, -0.1) is 0 Å². The van der Waals surface area contributed by atoms with E-state index in [2.05, 4.69) is 16.5 Å². The molecular weight excluding hydrogens is 306 g/mol. The summed E-state index contributed by atoms with van der Waals surface area (Å²) in [6, 6.07) is 9.25. The Morgan fingerprint density at radius 1 is 1.48 bits per heavy atom. The average Bonchev–Trinajstić information content (AvgIpc) is 2.85. The minimum absolute atomic E-state index is 0.226. The fourth-order valence-electron chi connectivity index (χ4n) is 2.21. The molecule has 1 atom stereocenters. The highest BCUT2D eigenvalue weighted by atomic mass is 32.2. The highest BCUT2D eigenvalue weighted by Crippen LogP contribution is 2.37. The second-order valence-corrected chi connectivity index (χ2v) is 6.00. The fourth-order valence-corrected chi connectivity index (χ4v) is 3.23. The van der Waals surface area contributed by atoms with Crippen LogP contribution in [0.1, 0.15) is 11.6 Å². The van der Waals surface area contributed by atoms with Crippen LogP contribution in [0.4, 0.5) is 0 Å². The highest BCUT2D eigenvalue weighted by molar-refractivity contribution is 8.33. The van der Waals surface area contributed by atoms with Crippen LogP contribution in [0.25, 0.3) is 0 Å². The van der Waals surface area contributed by atoms with Crippen molar-refractivity contribution in [1.29, 1.82) is 5.26 Å². The smallest absolute Gasteiger partial charge is 0.192 e. The molecule has 0 spiro atoms. The third-order valence-electron chi connectivity index (χ3n) is 3.18. The summed E-state index contributed by atoms with van der Waals surface area (Å²) in [7, 11) is 1.61. The highest BCUT2D eigenvalue weighted by Gasteiger charge is 2.38. The predicted octanol–water partition coefficient (Wildman–Crippen LogP) is 1.64. The van der Waals surface area contributed by atoms with Crippen molar-refractivity contribution < 1.29 is 4.74 Å². The number of hydrazine groups is 1. The number of nitriles is 1. The van der Waals surface area contributed by atoms with E-state index in [-0.39, 0.29) is 11.9 Å². The first-order valence-electron chi connectivity index (χ1n) is 6.04. The van der Waals surface area contributed by atoms with Gasteiger partial charge in [0, 0.05) is 0 Å². The molecule has 1 aromatic carbocycles. The van der Waals surface area contributed by atoms with Crippen LogP contribution in [-0.2, 0) is 0 Å². The maximum absolute atomic E-state index is 9.40. The molecule has 21 heavy (non-hydrogen) atoms. The van der Waals surface area contributed by atoms with E-state index in [1.165, 1.54) is 11.8 Å². The van der Waals surface area contributed by atoms with Crippen molar-refractivity contribution in [2.24, 2.45) is 10.7 Å². The quantitative estimate of drug-likeness (QED) is 0.802. The summed E-state index contributed by atoms with van der Waals surface area (Å²) in [6.45, 7) is 0. The molecule has 0 saturated carbocycles. The SMILES string of the molecule is COc1ccc(C2C(C#N)=C(N)N=C3SC(=S)NN32)cc1. The van der Waals surface area contributed by atoms with Crippen molar-refractivity contribution in [3.63, 3.8) is 0 Å². The van der Waals surface area contributed by atoms with Gasteiger partial charge in [0.2, 0.25) is 0 Å². The van der Waals surface area contributed by atoms with Gasteiger partial charge in [-0.1, -0.05) is 24.4 Å². The summed E-state index contributed by atoms with van der Waals surface area (Å²) in [6.07, 6.45) is 0. The number of nitrogens with two attached hydrogens (primary N) is 1. The van der Waals surface area contributed by atoms with Crippen LogP contribution in [0.5, 0.6) is 5.75 Å². The lowest BCUT2D eigenvalue weighted by Gasteiger charge is -2.31. The van der Waals surface area contributed by atoms with E-state index in [4.69, 9.17) is 22.7 Å². The normalized spacial score (nSPS) is 20.6. The Morgan fingerprint density at radius 3 is 2.81 bits per heavy atom. The van der Waals surface area contributed by atoms with Crippen molar-refractivity contribution >= 4 is 33.5 Å². The summed E-state index contributed by atoms with van der Waals surface area (Å²) >= 11 is 6.48. The zero-order chi connectivity index (χ0) is 15.0. The van der Waals surface area contributed by atoms with Crippen LogP contribution in [0.3, 0.4) is 0 Å². The molecule has 2 aliphatic rings. The van der Waals surface area contributed by atoms with Crippen LogP contribution in [0.15, 0.2) is 40.7 Å². The number of methoxy groups -OCH3 is 1. The molecule has 3 rings (SSSR count). The number of rotatable bonds is 2. The monoisotopic (exact) mass is 317 g/mol. The van der Waals surface area contributed by atoms with Crippen molar-refractivity contribution in [3.8, 4) is 11.8 Å². The average molecular weight is 317 g/mol.